The lowest BCUT2D eigenvalue weighted by Gasteiger charge is -2.01. The molecule has 70 valence electrons. The SMILES string of the molecule is CSc1cccc([C@@H]2C[C@H]2CN)c1. The van der Waals surface area contributed by atoms with Crippen molar-refractivity contribution < 1.29 is 0 Å². The third-order valence-corrected chi connectivity index (χ3v) is 3.47. The molecule has 0 aliphatic heterocycles. The predicted octanol–water partition coefficient (Wildman–Crippen LogP) is 2.47. The van der Waals surface area contributed by atoms with Crippen LogP contribution in [0, 0.1) is 5.92 Å². The van der Waals surface area contributed by atoms with E-state index < -0.39 is 0 Å². The summed E-state index contributed by atoms with van der Waals surface area (Å²) in [5, 5.41) is 0. The summed E-state index contributed by atoms with van der Waals surface area (Å²) in [6.07, 6.45) is 3.40. The van der Waals surface area contributed by atoms with E-state index in [4.69, 9.17) is 5.73 Å². The zero-order valence-corrected chi connectivity index (χ0v) is 8.68. The first kappa shape index (κ1) is 9.10. The Morgan fingerprint density at radius 1 is 1.54 bits per heavy atom. The smallest absolute Gasteiger partial charge is 0.00719 e. The number of rotatable bonds is 3. The third kappa shape index (κ3) is 1.89. The van der Waals surface area contributed by atoms with Crippen LogP contribution in [0.1, 0.15) is 17.9 Å². The molecule has 1 aromatic rings. The van der Waals surface area contributed by atoms with Crippen LogP contribution in [0.2, 0.25) is 0 Å². The van der Waals surface area contributed by atoms with E-state index in [1.165, 1.54) is 16.9 Å². The van der Waals surface area contributed by atoms with Gasteiger partial charge in [0.25, 0.3) is 0 Å². The predicted molar refractivity (Wildman–Crippen MR) is 58.1 cm³/mol. The number of benzene rings is 1. The van der Waals surface area contributed by atoms with Gasteiger partial charge >= 0.3 is 0 Å². The van der Waals surface area contributed by atoms with E-state index in [2.05, 4.69) is 30.5 Å². The van der Waals surface area contributed by atoms with Crippen molar-refractivity contribution in [1.29, 1.82) is 0 Å². The van der Waals surface area contributed by atoms with E-state index in [1.807, 2.05) is 0 Å². The fourth-order valence-corrected chi connectivity index (χ4v) is 2.26. The highest BCUT2D eigenvalue weighted by atomic mass is 32.2. The Morgan fingerprint density at radius 3 is 3.00 bits per heavy atom. The van der Waals surface area contributed by atoms with Crippen molar-refractivity contribution in [2.24, 2.45) is 11.7 Å². The molecule has 1 fully saturated rings. The molecule has 13 heavy (non-hydrogen) atoms. The van der Waals surface area contributed by atoms with Crippen LogP contribution in [-0.2, 0) is 0 Å². The van der Waals surface area contributed by atoms with Gasteiger partial charge in [0.1, 0.15) is 0 Å². The molecule has 0 aromatic heterocycles. The molecule has 0 heterocycles. The second kappa shape index (κ2) is 3.72. The van der Waals surface area contributed by atoms with Crippen LogP contribution in [-0.4, -0.2) is 12.8 Å². The highest BCUT2D eigenvalue weighted by Gasteiger charge is 2.36. The summed E-state index contributed by atoms with van der Waals surface area (Å²) in [5.41, 5.74) is 7.10. The summed E-state index contributed by atoms with van der Waals surface area (Å²) in [7, 11) is 0. The van der Waals surface area contributed by atoms with Crippen LogP contribution in [0.4, 0.5) is 0 Å². The van der Waals surface area contributed by atoms with Gasteiger partial charge in [0.2, 0.25) is 0 Å². The molecule has 0 bridgehead atoms. The van der Waals surface area contributed by atoms with E-state index in [0.717, 1.165) is 18.4 Å². The van der Waals surface area contributed by atoms with Gasteiger partial charge in [-0.2, -0.15) is 0 Å². The third-order valence-electron chi connectivity index (χ3n) is 2.75. The van der Waals surface area contributed by atoms with E-state index >= 15 is 0 Å². The first-order chi connectivity index (χ1) is 6.35. The molecule has 1 saturated carbocycles. The number of hydrogen-bond donors (Lipinski definition) is 1. The lowest BCUT2D eigenvalue weighted by atomic mass is 10.1. The number of nitrogens with two attached hydrogens (primary N) is 1. The number of hydrogen-bond acceptors (Lipinski definition) is 2. The molecule has 2 atom stereocenters. The quantitative estimate of drug-likeness (QED) is 0.746. The zero-order valence-electron chi connectivity index (χ0n) is 7.86. The van der Waals surface area contributed by atoms with Crippen LogP contribution in [0.25, 0.3) is 0 Å². The standard InChI is InChI=1S/C11H15NS/c1-13-10-4-2-3-8(5-10)11-6-9(11)7-12/h2-5,9,11H,6-7,12H2,1H3/t9-,11-/m0/s1. The van der Waals surface area contributed by atoms with Crippen LogP contribution in [0.15, 0.2) is 29.2 Å². The first-order valence-corrected chi connectivity index (χ1v) is 5.91. The Labute approximate surface area is 83.7 Å². The van der Waals surface area contributed by atoms with E-state index in [1.54, 1.807) is 11.8 Å². The molecule has 2 N–H and O–H groups in total. The molecular weight excluding hydrogens is 178 g/mol. The lowest BCUT2D eigenvalue weighted by Crippen LogP contribution is -2.01. The van der Waals surface area contributed by atoms with Gasteiger partial charge < -0.3 is 5.73 Å². The zero-order chi connectivity index (χ0) is 9.26. The second-order valence-corrected chi connectivity index (χ2v) is 4.49. The topological polar surface area (TPSA) is 26.0 Å². The van der Waals surface area contributed by atoms with Crippen molar-refractivity contribution in [2.45, 2.75) is 17.2 Å². The van der Waals surface area contributed by atoms with Gasteiger partial charge in [-0.15, -0.1) is 11.8 Å². The molecule has 0 unspecified atom stereocenters. The summed E-state index contributed by atoms with van der Waals surface area (Å²) in [5.74, 6) is 1.49. The molecule has 1 aromatic carbocycles. The summed E-state index contributed by atoms with van der Waals surface area (Å²) < 4.78 is 0. The van der Waals surface area contributed by atoms with Crippen LogP contribution in [0.3, 0.4) is 0 Å². The van der Waals surface area contributed by atoms with E-state index in [-0.39, 0.29) is 0 Å². The van der Waals surface area contributed by atoms with Crippen LogP contribution in [0.5, 0.6) is 0 Å². The average Bonchev–Trinajstić information content (AvgIpc) is 2.97. The van der Waals surface area contributed by atoms with Gasteiger partial charge in [0.05, 0.1) is 0 Å². The molecule has 1 aliphatic rings. The minimum absolute atomic E-state index is 0.747. The first-order valence-electron chi connectivity index (χ1n) is 4.69. The van der Waals surface area contributed by atoms with Gasteiger partial charge in [-0.3, -0.25) is 0 Å². The van der Waals surface area contributed by atoms with E-state index in [0.29, 0.717) is 0 Å². The molecule has 2 heteroatoms. The molecule has 0 radical (unpaired) electrons. The summed E-state index contributed by atoms with van der Waals surface area (Å²) in [6.45, 7) is 0.841. The minimum atomic E-state index is 0.747. The van der Waals surface area contributed by atoms with Crippen LogP contribution >= 0.6 is 11.8 Å². The highest BCUT2D eigenvalue weighted by molar-refractivity contribution is 7.98. The Kier molecular flexibility index (Phi) is 2.61. The van der Waals surface area contributed by atoms with Crippen molar-refractivity contribution in [3.63, 3.8) is 0 Å². The Balaban J connectivity index is 2.13. The largest absolute Gasteiger partial charge is 0.330 e. The van der Waals surface area contributed by atoms with Crippen LogP contribution < -0.4 is 5.73 Å². The van der Waals surface area contributed by atoms with Gasteiger partial charge in [0.15, 0.2) is 0 Å². The maximum absolute atomic E-state index is 5.63. The maximum atomic E-state index is 5.63. The molecule has 0 saturated heterocycles. The highest BCUT2D eigenvalue weighted by Crippen LogP contribution is 2.47. The van der Waals surface area contributed by atoms with Gasteiger partial charge in [-0.25, -0.2) is 0 Å². The maximum Gasteiger partial charge on any atom is 0.00719 e. The minimum Gasteiger partial charge on any atom is -0.330 e. The summed E-state index contributed by atoms with van der Waals surface area (Å²) in [6, 6.07) is 8.83. The van der Waals surface area contributed by atoms with Crippen molar-refractivity contribution in [3.05, 3.63) is 29.8 Å². The molecule has 1 aliphatic carbocycles. The molecule has 0 amide bonds. The molecule has 0 spiro atoms. The normalized spacial score (nSPS) is 26.0. The molecule has 2 rings (SSSR count). The summed E-state index contributed by atoms with van der Waals surface area (Å²) >= 11 is 1.81. The second-order valence-electron chi connectivity index (χ2n) is 3.61. The fourth-order valence-electron chi connectivity index (χ4n) is 1.79. The Morgan fingerprint density at radius 2 is 2.38 bits per heavy atom. The van der Waals surface area contributed by atoms with Crippen molar-refractivity contribution in [3.8, 4) is 0 Å². The van der Waals surface area contributed by atoms with Crippen molar-refractivity contribution in [1.82, 2.24) is 0 Å². The monoisotopic (exact) mass is 193 g/mol. The molecular formula is C11H15NS. The Hall–Kier alpha value is -0.470. The summed E-state index contributed by atoms with van der Waals surface area (Å²) in [4.78, 5) is 1.36. The molecule has 1 nitrogen and oxygen atoms in total. The average molecular weight is 193 g/mol. The number of thioether (sulfide) groups is 1. The van der Waals surface area contributed by atoms with Crippen molar-refractivity contribution in [2.75, 3.05) is 12.8 Å². The fraction of sp³-hybridized carbons (Fsp3) is 0.455. The van der Waals surface area contributed by atoms with Crippen molar-refractivity contribution >= 4 is 11.8 Å². The van der Waals surface area contributed by atoms with E-state index in [9.17, 15) is 0 Å². The Bertz CT molecular complexity index is 298. The van der Waals surface area contributed by atoms with Gasteiger partial charge in [-0.05, 0) is 48.8 Å². The lowest BCUT2D eigenvalue weighted by molar-refractivity contribution is 0.809. The van der Waals surface area contributed by atoms with Gasteiger partial charge in [-0.1, -0.05) is 12.1 Å². The van der Waals surface area contributed by atoms with Gasteiger partial charge in [0, 0.05) is 4.90 Å².